The number of hydrogen-bond acceptors (Lipinski definition) is 5. The van der Waals surface area contributed by atoms with E-state index in [1.165, 1.54) is 12.8 Å². The molecule has 1 aromatic rings. The molecular weight excluding hydrogens is 322 g/mol. The zero-order chi connectivity index (χ0) is 17.8. The lowest BCUT2D eigenvalue weighted by Crippen LogP contribution is -2.44. The van der Waals surface area contributed by atoms with Gasteiger partial charge in [-0.05, 0) is 49.8 Å². The molecule has 0 amide bonds. The molecule has 1 N–H and O–H groups in total. The third-order valence-electron chi connectivity index (χ3n) is 5.13. The van der Waals surface area contributed by atoms with Gasteiger partial charge in [0, 0.05) is 19.0 Å². The van der Waals surface area contributed by atoms with Crippen LogP contribution in [-0.2, 0) is 9.63 Å². The lowest BCUT2D eigenvalue weighted by Gasteiger charge is -2.35. The van der Waals surface area contributed by atoms with Crippen LogP contribution in [0.1, 0.15) is 50.5 Å². The van der Waals surface area contributed by atoms with Crippen LogP contribution in [0.3, 0.4) is 0 Å². The second-order valence-electron chi connectivity index (χ2n) is 6.72. The summed E-state index contributed by atoms with van der Waals surface area (Å²) in [5.74, 6) is 0.262. The van der Waals surface area contributed by atoms with E-state index in [9.17, 15) is 9.90 Å². The summed E-state index contributed by atoms with van der Waals surface area (Å²) in [7, 11) is 1.62. The Labute approximate surface area is 148 Å². The highest BCUT2D eigenvalue weighted by Gasteiger charge is 2.36. The fourth-order valence-corrected chi connectivity index (χ4v) is 3.71. The van der Waals surface area contributed by atoms with Gasteiger partial charge in [-0.15, -0.1) is 0 Å². The first kappa shape index (κ1) is 18.0. The number of carboxylic acid groups (broad SMARTS) is 1. The van der Waals surface area contributed by atoms with E-state index in [1.807, 2.05) is 25.1 Å². The van der Waals surface area contributed by atoms with Gasteiger partial charge >= 0.3 is 5.97 Å². The molecule has 138 valence electrons. The third kappa shape index (κ3) is 4.07. The van der Waals surface area contributed by atoms with E-state index < -0.39 is 12.1 Å². The fraction of sp³-hybridized carbons (Fsp3) is 0.632. The van der Waals surface area contributed by atoms with Gasteiger partial charge < -0.3 is 14.6 Å². The standard InChI is InChI=1S/C19H27NO5/c1-3-20-11-10-15(18(25-20)19(21)22)13-8-9-16(23-2)17(12-13)24-14-6-4-5-7-14/h8-9,12,14-15,18H,3-7,10-11H2,1-2H3,(H,21,22). The zero-order valence-electron chi connectivity index (χ0n) is 14.9. The van der Waals surface area contributed by atoms with Crippen molar-refractivity contribution in [1.82, 2.24) is 5.06 Å². The highest BCUT2D eigenvalue weighted by Crippen LogP contribution is 2.38. The Morgan fingerprint density at radius 3 is 2.68 bits per heavy atom. The van der Waals surface area contributed by atoms with Crippen LogP contribution in [0.15, 0.2) is 18.2 Å². The van der Waals surface area contributed by atoms with Gasteiger partial charge in [-0.2, -0.15) is 5.06 Å². The largest absolute Gasteiger partial charge is 0.493 e. The topological polar surface area (TPSA) is 68.2 Å². The molecule has 3 rings (SSSR count). The number of ether oxygens (including phenoxy) is 2. The van der Waals surface area contributed by atoms with Gasteiger partial charge in [-0.25, -0.2) is 4.79 Å². The van der Waals surface area contributed by atoms with Crippen molar-refractivity contribution in [2.45, 2.75) is 57.2 Å². The Morgan fingerprint density at radius 2 is 2.04 bits per heavy atom. The molecule has 0 bridgehead atoms. The first-order chi connectivity index (χ1) is 12.1. The Kier molecular flexibility index (Phi) is 5.81. The average Bonchev–Trinajstić information content (AvgIpc) is 3.14. The Morgan fingerprint density at radius 1 is 1.28 bits per heavy atom. The summed E-state index contributed by atoms with van der Waals surface area (Å²) < 4.78 is 11.6. The molecule has 0 radical (unpaired) electrons. The molecule has 2 aliphatic rings. The van der Waals surface area contributed by atoms with E-state index in [-0.39, 0.29) is 12.0 Å². The molecule has 2 fully saturated rings. The third-order valence-corrected chi connectivity index (χ3v) is 5.13. The summed E-state index contributed by atoms with van der Waals surface area (Å²) in [6.07, 6.45) is 4.58. The van der Waals surface area contributed by atoms with E-state index in [1.54, 1.807) is 12.2 Å². The molecule has 6 heteroatoms. The van der Waals surface area contributed by atoms with Gasteiger partial charge in [0.2, 0.25) is 0 Å². The van der Waals surface area contributed by atoms with Crippen LogP contribution in [0.4, 0.5) is 0 Å². The molecule has 1 aliphatic carbocycles. The lowest BCUT2D eigenvalue weighted by atomic mass is 9.89. The van der Waals surface area contributed by atoms with Gasteiger partial charge in [-0.3, -0.25) is 4.84 Å². The number of hydroxylamine groups is 2. The average molecular weight is 349 g/mol. The number of hydrogen-bond donors (Lipinski definition) is 1. The van der Waals surface area contributed by atoms with E-state index in [2.05, 4.69) is 0 Å². The van der Waals surface area contributed by atoms with E-state index >= 15 is 0 Å². The van der Waals surface area contributed by atoms with Crippen LogP contribution >= 0.6 is 0 Å². The van der Waals surface area contributed by atoms with Crippen molar-refractivity contribution in [3.8, 4) is 11.5 Å². The van der Waals surface area contributed by atoms with Gasteiger partial charge in [0.15, 0.2) is 17.6 Å². The van der Waals surface area contributed by atoms with Gasteiger partial charge in [0.05, 0.1) is 13.2 Å². The Hall–Kier alpha value is -1.79. The molecule has 2 unspecified atom stereocenters. The summed E-state index contributed by atoms with van der Waals surface area (Å²) in [5.41, 5.74) is 0.928. The van der Waals surface area contributed by atoms with Gasteiger partial charge in [0.1, 0.15) is 0 Å². The van der Waals surface area contributed by atoms with Crippen LogP contribution in [0.5, 0.6) is 11.5 Å². The molecule has 1 saturated heterocycles. The minimum Gasteiger partial charge on any atom is -0.493 e. The molecule has 2 atom stereocenters. The summed E-state index contributed by atoms with van der Waals surface area (Å²) >= 11 is 0. The molecule has 25 heavy (non-hydrogen) atoms. The second kappa shape index (κ2) is 8.06. The number of carbonyl (C=O) groups is 1. The first-order valence-electron chi connectivity index (χ1n) is 9.11. The van der Waals surface area contributed by atoms with Gasteiger partial charge in [-0.1, -0.05) is 13.0 Å². The van der Waals surface area contributed by atoms with Crippen LogP contribution < -0.4 is 9.47 Å². The van der Waals surface area contributed by atoms with Crippen molar-refractivity contribution >= 4 is 5.97 Å². The maximum absolute atomic E-state index is 11.7. The van der Waals surface area contributed by atoms with E-state index in [0.29, 0.717) is 18.0 Å². The van der Waals surface area contributed by atoms with Gasteiger partial charge in [0.25, 0.3) is 0 Å². The lowest BCUT2D eigenvalue weighted by molar-refractivity contribution is -0.232. The molecule has 1 aromatic carbocycles. The molecule has 1 heterocycles. The minimum atomic E-state index is -0.933. The number of carboxylic acids is 1. The normalized spacial score (nSPS) is 25.0. The summed E-state index contributed by atoms with van der Waals surface area (Å²) in [6.45, 7) is 3.35. The Balaban J connectivity index is 1.83. The number of rotatable bonds is 6. The number of nitrogens with zero attached hydrogens (tertiary/aromatic N) is 1. The highest BCUT2D eigenvalue weighted by molar-refractivity contribution is 5.74. The zero-order valence-corrected chi connectivity index (χ0v) is 14.9. The molecule has 1 aliphatic heterocycles. The SMILES string of the molecule is CCN1CCC(c2ccc(OC)c(OC3CCCC3)c2)C(C(=O)O)O1. The van der Waals surface area contributed by atoms with Crippen molar-refractivity contribution in [1.29, 1.82) is 0 Å². The van der Waals surface area contributed by atoms with Crippen LogP contribution in [0.2, 0.25) is 0 Å². The maximum Gasteiger partial charge on any atom is 0.335 e. The quantitative estimate of drug-likeness (QED) is 0.850. The fourth-order valence-electron chi connectivity index (χ4n) is 3.71. The number of methoxy groups -OCH3 is 1. The molecular formula is C19H27NO5. The Bertz CT molecular complexity index is 599. The number of benzene rings is 1. The van der Waals surface area contributed by atoms with Crippen molar-refractivity contribution in [2.75, 3.05) is 20.2 Å². The predicted molar refractivity (Wildman–Crippen MR) is 93.0 cm³/mol. The molecule has 1 saturated carbocycles. The summed E-state index contributed by atoms with van der Waals surface area (Å²) in [6, 6.07) is 5.72. The van der Waals surface area contributed by atoms with Crippen molar-refractivity contribution in [3.63, 3.8) is 0 Å². The smallest absolute Gasteiger partial charge is 0.335 e. The maximum atomic E-state index is 11.7. The number of aliphatic carboxylic acids is 1. The minimum absolute atomic E-state index is 0.197. The van der Waals surface area contributed by atoms with Crippen LogP contribution in [-0.4, -0.2) is 48.5 Å². The molecule has 6 nitrogen and oxygen atoms in total. The van der Waals surface area contributed by atoms with E-state index in [4.69, 9.17) is 14.3 Å². The first-order valence-corrected chi connectivity index (χ1v) is 9.11. The van der Waals surface area contributed by atoms with Crippen LogP contribution in [0, 0.1) is 0 Å². The molecule has 0 spiro atoms. The van der Waals surface area contributed by atoms with E-state index in [0.717, 1.165) is 31.4 Å². The summed E-state index contributed by atoms with van der Waals surface area (Å²) in [5, 5.41) is 11.3. The van der Waals surface area contributed by atoms with Crippen LogP contribution in [0.25, 0.3) is 0 Å². The van der Waals surface area contributed by atoms with Crippen molar-refractivity contribution in [3.05, 3.63) is 23.8 Å². The monoisotopic (exact) mass is 349 g/mol. The summed E-state index contributed by atoms with van der Waals surface area (Å²) in [4.78, 5) is 17.3. The molecule has 0 aromatic heterocycles. The van der Waals surface area contributed by atoms with Crippen molar-refractivity contribution < 1.29 is 24.2 Å². The van der Waals surface area contributed by atoms with Crippen molar-refractivity contribution in [2.24, 2.45) is 0 Å². The predicted octanol–water partition coefficient (Wildman–Crippen LogP) is 3.21. The second-order valence-corrected chi connectivity index (χ2v) is 6.72. The highest BCUT2D eigenvalue weighted by atomic mass is 16.7.